The third-order valence-electron chi connectivity index (χ3n) is 5.72. The Bertz CT molecular complexity index is 1220. The third kappa shape index (κ3) is 4.56. The van der Waals surface area contributed by atoms with Crippen LogP contribution in [0.3, 0.4) is 0 Å². The van der Waals surface area contributed by atoms with Gasteiger partial charge in [0.1, 0.15) is 11.3 Å². The lowest BCUT2D eigenvalue weighted by Crippen LogP contribution is -2.36. The van der Waals surface area contributed by atoms with E-state index in [-0.39, 0.29) is 18.0 Å². The summed E-state index contributed by atoms with van der Waals surface area (Å²) >= 11 is 1.41. The maximum absolute atomic E-state index is 14.7. The van der Waals surface area contributed by atoms with Crippen molar-refractivity contribution < 1.29 is 9.50 Å². The molecule has 6 nitrogen and oxygen atoms in total. The van der Waals surface area contributed by atoms with Crippen molar-refractivity contribution in [2.24, 2.45) is 0 Å². The minimum Gasteiger partial charge on any atom is -0.391 e. The number of aromatic nitrogens is 3. The van der Waals surface area contributed by atoms with Crippen LogP contribution in [0.5, 0.6) is 0 Å². The summed E-state index contributed by atoms with van der Waals surface area (Å²) in [4.78, 5) is 13.3. The van der Waals surface area contributed by atoms with Crippen LogP contribution >= 0.6 is 11.3 Å². The van der Waals surface area contributed by atoms with Crippen molar-refractivity contribution in [1.29, 1.82) is 0 Å². The zero-order valence-electron chi connectivity index (χ0n) is 17.5. The average Bonchev–Trinajstić information content (AvgIpc) is 3.23. The van der Waals surface area contributed by atoms with Gasteiger partial charge in [0, 0.05) is 12.1 Å². The van der Waals surface area contributed by atoms with E-state index in [1.165, 1.54) is 17.4 Å². The summed E-state index contributed by atoms with van der Waals surface area (Å²) in [6, 6.07) is 13.3. The number of nitrogens with one attached hydrogen (secondary N) is 2. The number of hydrogen-bond donors (Lipinski definition) is 3. The van der Waals surface area contributed by atoms with E-state index < -0.39 is 0 Å². The predicted octanol–water partition coefficient (Wildman–Crippen LogP) is 5.22. The molecule has 3 N–H and O–H groups in total. The first kappa shape index (κ1) is 20.8. The van der Waals surface area contributed by atoms with Gasteiger partial charge in [0.05, 0.1) is 34.9 Å². The van der Waals surface area contributed by atoms with Crippen molar-refractivity contribution in [1.82, 2.24) is 15.0 Å². The van der Waals surface area contributed by atoms with Crippen molar-refractivity contribution in [3.63, 3.8) is 0 Å². The van der Waals surface area contributed by atoms with Crippen LogP contribution in [-0.4, -0.2) is 32.2 Å². The second kappa shape index (κ2) is 9.18. The highest BCUT2D eigenvalue weighted by atomic mass is 32.1. The number of anilines is 2. The molecule has 1 unspecified atom stereocenters. The van der Waals surface area contributed by atoms with Gasteiger partial charge in [0.25, 0.3) is 0 Å². The van der Waals surface area contributed by atoms with E-state index in [9.17, 15) is 9.50 Å². The Morgan fingerprint density at radius 1 is 1.06 bits per heavy atom. The molecule has 1 saturated carbocycles. The summed E-state index contributed by atoms with van der Waals surface area (Å²) in [7, 11) is 0. The summed E-state index contributed by atoms with van der Waals surface area (Å²) in [5, 5.41) is 17.4. The first-order chi connectivity index (χ1) is 15.7. The van der Waals surface area contributed by atoms with Crippen molar-refractivity contribution in [3.05, 3.63) is 66.2 Å². The zero-order valence-corrected chi connectivity index (χ0v) is 18.3. The molecule has 1 aliphatic carbocycles. The highest BCUT2D eigenvalue weighted by Gasteiger charge is 2.24. The van der Waals surface area contributed by atoms with Gasteiger partial charge in [-0.05, 0) is 30.5 Å². The molecule has 2 aromatic carbocycles. The van der Waals surface area contributed by atoms with E-state index in [1.54, 1.807) is 12.4 Å². The third-order valence-corrected chi connectivity index (χ3v) is 6.66. The molecule has 5 rings (SSSR count). The number of thiazole rings is 1. The number of aliphatic hydroxyl groups excluding tert-OH is 1. The highest BCUT2D eigenvalue weighted by molar-refractivity contribution is 7.22. The molecule has 4 aromatic rings. The molecule has 0 bridgehead atoms. The molecule has 1 aliphatic rings. The van der Waals surface area contributed by atoms with Gasteiger partial charge in [-0.1, -0.05) is 54.5 Å². The Hall–Kier alpha value is -3.10. The van der Waals surface area contributed by atoms with Gasteiger partial charge in [-0.25, -0.2) is 14.4 Å². The van der Waals surface area contributed by atoms with E-state index in [0.717, 1.165) is 47.2 Å². The van der Waals surface area contributed by atoms with Crippen LogP contribution in [0.25, 0.3) is 21.5 Å². The maximum atomic E-state index is 14.7. The molecule has 0 radical (unpaired) electrons. The summed E-state index contributed by atoms with van der Waals surface area (Å²) in [5.41, 5.74) is 2.93. The molecule has 164 valence electrons. The number of fused-ring (bicyclic) bond motifs is 1. The Kier molecular flexibility index (Phi) is 5.96. The second-order valence-corrected chi connectivity index (χ2v) is 9.09. The van der Waals surface area contributed by atoms with Crippen LogP contribution in [0.4, 0.5) is 15.3 Å². The topological polar surface area (TPSA) is 83.0 Å². The fourth-order valence-corrected chi connectivity index (χ4v) is 5.04. The lowest BCUT2D eigenvalue weighted by molar-refractivity contribution is 0.116. The van der Waals surface area contributed by atoms with Crippen LogP contribution in [0, 0.1) is 5.82 Å². The predicted molar refractivity (Wildman–Crippen MR) is 126 cm³/mol. The SMILES string of the molecule is O[C@@H]1CCCCC1Nc1nc2c(F)cc(CNc3cncc(-c4ccccc4)n3)cc2s1. The molecule has 0 spiro atoms. The number of hydrogen-bond acceptors (Lipinski definition) is 7. The Balaban J connectivity index is 1.31. The van der Waals surface area contributed by atoms with Gasteiger partial charge < -0.3 is 15.7 Å². The minimum atomic E-state index is -0.381. The molecular formula is C24H24FN5OS. The fourth-order valence-electron chi connectivity index (χ4n) is 4.04. The summed E-state index contributed by atoms with van der Waals surface area (Å²) in [5.74, 6) is 0.279. The summed E-state index contributed by atoms with van der Waals surface area (Å²) in [6.45, 7) is 0.418. The van der Waals surface area contributed by atoms with Crippen LogP contribution in [-0.2, 0) is 6.54 Å². The van der Waals surface area contributed by atoms with Gasteiger partial charge in [-0.2, -0.15) is 0 Å². The first-order valence-corrected chi connectivity index (χ1v) is 11.6. The molecule has 0 aliphatic heterocycles. The quantitative estimate of drug-likeness (QED) is 0.374. The van der Waals surface area contributed by atoms with Crippen molar-refractivity contribution >= 4 is 32.5 Å². The van der Waals surface area contributed by atoms with Crippen LogP contribution in [0.1, 0.15) is 31.2 Å². The maximum Gasteiger partial charge on any atom is 0.184 e. The second-order valence-electron chi connectivity index (χ2n) is 8.06. The monoisotopic (exact) mass is 449 g/mol. The van der Waals surface area contributed by atoms with Gasteiger partial charge in [0.2, 0.25) is 0 Å². The Morgan fingerprint density at radius 2 is 1.91 bits per heavy atom. The summed E-state index contributed by atoms with van der Waals surface area (Å²) in [6.07, 6.45) is 6.82. The van der Waals surface area contributed by atoms with Crippen molar-refractivity contribution in [2.45, 2.75) is 44.4 Å². The number of rotatable bonds is 6. The minimum absolute atomic E-state index is 0.0241. The van der Waals surface area contributed by atoms with Crippen molar-refractivity contribution in [3.8, 4) is 11.3 Å². The molecule has 32 heavy (non-hydrogen) atoms. The molecule has 8 heteroatoms. The number of aliphatic hydroxyl groups is 1. The Labute approximate surface area is 189 Å². The average molecular weight is 450 g/mol. The van der Waals surface area contributed by atoms with E-state index in [2.05, 4.69) is 25.6 Å². The van der Waals surface area contributed by atoms with Crippen LogP contribution in [0.2, 0.25) is 0 Å². The molecule has 1 fully saturated rings. The van der Waals surface area contributed by atoms with Gasteiger partial charge in [-0.15, -0.1) is 0 Å². The van der Waals surface area contributed by atoms with Crippen LogP contribution in [0.15, 0.2) is 54.9 Å². The zero-order chi connectivity index (χ0) is 21.9. The first-order valence-electron chi connectivity index (χ1n) is 10.8. The summed E-state index contributed by atoms with van der Waals surface area (Å²) < 4.78 is 15.5. The number of benzene rings is 2. The van der Waals surface area contributed by atoms with E-state index in [0.29, 0.717) is 23.0 Å². The van der Waals surface area contributed by atoms with E-state index >= 15 is 0 Å². The largest absolute Gasteiger partial charge is 0.391 e. The standard InChI is InChI=1S/C24H24FN5OS/c25-17-10-15(12-27-22-14-26-13-19(28-22)16-6-2-1-3-7-16)11-21-23(17)30-24(32-21)29-18-8-4-5-9-20(18)31/h1-3,6-7,10-11,13-14,18,20,31H,4-5,8-9,12H2,(H,27,28)(H,29,30)/t18?,20-/m1/s1. The fraction of sp³-hybridized carbons (Fsp3) is 0.292. The highest BCUT2D eigenvalue weighted by Crippen LogP contribution is 2.31. The Morgan fingerprint density at radius 3 is 2.75 bits per heavy atom. The smallest absolute Gasteiger partial charge is 0.184 e. The van der Waals surface area contributed by atoms with E-state index in [4.69, 9.17) is 0 Å². The lowest BCUT2D eigenvalue weighted by atomic mass is 9.93. The molecular weight excluding hydrogens is 425 g/mol. The number of nitrogens with zero attached hydrogens (tertiary/aromatic N) is 3. The lowest BCUT2D eigenvalue weighted by Gasteiger charge is -2.27. The normalized spacial score (nSPS) is 18.6. The van der Waals surface area contributed by atoms with E-state index in [1.807, 2.05) is 36.4 Å². The van der Waals surface area contributed by atoms with Gasteiger partial charge >= 0.3 is 0 Å². The number of halogens is 1. The van der Waals surface area contributed by atoms with Gasteiger partial charge in [0.15, 0.2) is 10.9 Å². The van der Waals surface area contributed by atoms with Crippen molar-refractivity contribution in [2.75, 3.05) is 10.6 Å². The molecule has 2 aromatic heterocycles. The molecule has 2 heterocycles. The molecule has 2 atom stereocenters. The molecule has 0 saturated heterocycles. The van der Waals surface area contributed by atoms with Crippen LogP contribution < -0.4 is 10.6 Å². The van der Waals surface area contributed by atoms with Gasteiger partial charge in [-0.3, -0.25) is 4.98 Å². The molecule has 0 amide bonds.